The van der Waals surface area contributed by atoms with E-state index < -0.39 is 0 Å². The first kappa shape index (κ1) is 16.5. The van der Waals surface area contributed by atoms with Crippen LogP contribution in [-0.2, 0) is 6.42 Å². The van der Waals surface area contributed by atoms with Crippen LogP contribution in [0.1, 0.15) is 33.9 Å². The molecule has 0 spiro atoms. The minimum absolute atomic E-state index is 0.260. The fourth-order valence-corrected chi connectivity index (χ4v) is 3.29. The Hall–Kier alpha value is -0.830. The van der Waals surface area contributed by atoms with Gasteiger partial charge < -0.3 is 5.32 Å². The normalized spacial score (nSPS) is 12.5. The molecule has 112 valence electrons. The minimum Gasteiger partial charge on any atom is -0.313 e. The minimum atomic E-state index is 0.260. The van der Waals surface area contributed by atoms with E-state index in [2.05, 4.69) is 60.2 Å². The smallest absolute Gasteiger partial charge is 0.0551 e. The Balaban J connectivity index is 2.33. The third-order valence-electron chi connectivity index (χ3n) is 3.94. The molecule has 0 saturated carbocycles. The summed E-state index contributed by atoms with van der Waals surface area (Å²) >= 11 is 9.67. The molecule has 0 radical (unpaired) electrons. The van der Waals surface area contributed by atoms with Gasteiger partial charge in [0.15, 0.2) is 0 Å². The lowest BCUT2D eigenvalue weighted by atomic mass is 9.92. The van der Waals surface area contributed by atoms with Crippen LogP contribution >= 0.6 is 27.5 Å². The standard InChI is InChI=1S/C18H21BrClN/c1-11-7-12(2)15(13(3)8-11)10-18(21-4)14-5-6-16(19)17(20)9-14/h5-9,18,21H,10H2,1-4H3. The van der Waals surface area contributed by atoms with Crippen LogP contribution in [0.3, 0.4) is 0 Å². The molecule has 0 aliphatic heterocycles. The molecule has 0 bridgehead atoms. The number of nitrogens with one attached hydrogen (secondary N) is 1. The summed E-state index contributed by atoms with van der Waals surface area (Å²) < 4.78 is 0.936. The second-order valence-electron chi connectivity index (χ2n) is 5.60. The maximum Gasteiger partial charge on any atom is 0.0551 e. The van der Waals surface area contributed by atoms with Crippen molar-refractivity contribution in [2.75, 3.05) is 7.05 Å². The molecule has 2 rings (SSSR count). The van der Waals surface area contributed by atoms with Gasteiger partial charge in [-0.05, 0) is 84.6 Å². The Morgan fingerprint density at radius 2 is 1.71 bits per heavy atom. The van der Waals surface area contributed by atoms with Gasteiger partial charge in [-0.15, -0.1) is 0 Å². The number of halogens is 2. The average molecular weight is 367 g/mol. The van der Waals surface area contributed by atoms with Crippen LogP contribution in [0, 0.1) is 20.8 Å². The molecule has 2 aromatic rings. The van der Waals surface area contributed by atoms with E-state index in [9.17, 15) is 0 Å². The first-order valence-corrected chi connectivity index (χ1v) is 8.28. The lowest BCUT2D eigenvalue weighted by Gasteiger charge is -2.20. The van der Waals surface area contributed by atoms with Crippen molar-refractivity contribution in [3.05, 3.63) is 67.6 Å². The third kappa shape index (κ3) is 3.88. The number of rotatable bonds is 4. The Morgan fingerprint density at radius 3 is 2.24 bits per heavy atom. The van der Waals surface area contributed by atoms with Crippen LogP contribution < -0.4 is 5.32 Å². The van der Waals surface area contributed by atoms with E-state index in [0.717, 1.165) is 15.9 Å². The molecule has 1 atom stereocenters. The summed E-state index contributed by atoms with van der Waals surface area (Å²) in [4.78, 5) is 0. The summed E-state index contributed by atoms with van der Waals surface area (Å²) in [5.74, 6) is 0. The average Bonchev–Trinajstić information content (AvgIpc) is 2.41. The Labute approximate surface area is 140 Å². The molecule has 3 heteroatoms. The maximum atomic E-state index is 6.23. The fourth-order valence-electron chi connectivity index (χ4n) is 2.85. The van der Waals surface area contributed by atoms with E-state index in [1.165, 1.54) is 27.8 Å². The molecular formula is C18H21BrClN. The molecule has 0 aliphatic rings. The first-order chi connectivity index (χ1) is 9.92. The molecule has 0 aliphatic carbocycles. The highest BCUT2D eigenvalue weighted by Gasteiger charge is 2.14. The van der Waals surface area contributed by atoms with E-state index in [1.807, 2.05) is 19.2 Å². The van der Waals surface area contributed by atoms with Crippen LogP contribution in [0.4, 0.5) is 0 Å². The van der Waals surface area contributed by atoms with E-state index in [-0.39, 0.29) is 6.04 Å². The molecule has 0 amide bonds. The summed E-state index contributed by atoms with van der Waals surface area (Å²) in [6, 6.07) is 10.9. The van der Waals surface area contributed by atoms with Crippen LogP contribution in [0.2, 0.25) is 5.02 Å². The monoisotopic (exact) mass is 365 g/mol. The lowest BCUT2D eigenvalue weighted by Crippen LogP contribution is -2.19. The molecule has 0 fully saturated rings. The highest BCUT2D eigenvalue weighted by molar-refractivity contribution is 9.10. The van der Waals surface area contributed by atoms with Crippen molar-refractivity contribution in [2.24, 2.45) is 0 Å². The van der Waals surface area contributed by atoms with Gasteiger partial charge in [0.25, 0.3) is 0 Å². The van der Waals surface area contributed by atoms with Crippen molar-refractivity contribution in [3.63, 3.8) is 0 Å². The van der Waals surface area contributed by atoms with Gasteiger partial charge in [0.1, 0.15) is 0 Å². The summed E-state index contributed by atoms with van der Waals surface area (Å²) in [6.45, 7) is 6.53. The molecule has 1 unspecified atom stereocenters. The molecule has 21 heavy (non-hydrogen) atoms. The number of likely N-dealkylation sites (N-methyl/N-ethyl adjacent to an activating group) is 1. The van der Waals surface area contributed by atoms with Gasteiger partial charge in [-0.25, -0.2) is 0 Å². The molecular weight excluding hydrogens is 346 g/mol. The second kappa shape index (κ2) is 6.95. The molecule has 0 heterocycles. The zero-order valence-electron chi connectivity index (χ0n) is 12.9. The predicted octanol–water partition coefficient (Wildman–Crippen LogP) is 5.53. The fraction of sp³-hybridized carbons (Fsp3) is 0.333. The van der Waals surface area contributed by atoms with Gasteiger partial charge in [-0.3, -0.25) is 0 Å². The van der Waals surface area contributed by atoms with Crippen molar-refractivity contribution in [2.45, 2.75) is 33.2 Å². The Kier molecular flexibility index (Phi) is 5.48. The number of hydrogen-bond donors (Lipinski definition) is 1. The molecule has 0 saturated heterocycles. The Morgan fingerprint density at radius 1 is 1.10 bits per heavy atom. The third-order valence-corrected chi connectivity index (χ3v) is 5.18. The quantitative estimate of drug-likeness (QED) is 0.750. The summed E-state index contributed by atoms with van der Waals surface area (Å²) in [7, 11) is 2.00. The largest absolute Gasteiger partial charge is 0.313 e. The van der Waals surface area contributed by atoms with Crippen molar-refractivity contribution < 1.29 is 0 Å². The zero-order valence-corrected chi connectivity index (χ0v) is 15.3. The highest BCUT2D eigenvalue weighted by Crippen LogP contribution is 2.29. The SMILES string of the molecule is CNC(Cc1c(C)cc(C)cc1C)c1ccc(Br)c(Cl)c1. The summed E-state index contributed by atoms with van der Waals surface area (Å²) in [5, 5.41) is 4.16. The molecule has 0 aromatic heterocycles. The topological polar surface area (TPSA) is 12.0 Å². The summed E-state index contributed by atoms with van der Waals surface area (Å²) in [6.07, 6.45) is 0.965. The van der Waals surface area contributed by atoms with E-state index >= 15 is 0 Å². The predicted molar refractivity (Wildman–Crippen MR) is 95.3 cm³/mol. The number of aryl methyl sites for hydroxylation is 3. The van der Waals surface area contributed by atoms with Crippen LogP contribution in [0.5, 0.6) is 0 Å². The molecule has 2 aromatic carbocycles. The number of hydrogen-bond acceptors (Lipinski definition) is 1. The molecule has 1 nitrogen and oxygen atoms in total. The van der Waals surface area contributed by atoms with Gasteiger partial charge in [-0.2, -0.15) is 0 Å². The van der Waals surface area contributed by atoms with Gasteiger partial charge in [-0.1, -0.05) is 35.4 Å². The molecule has 1 N–H and O–H groups in total. The van der Waals surface area contributed by atoms with Crippen LogP contribution in [-0.4, -0.2) is 7.05 Å². The highest BCUT2D eigenvalue weighted by atomic mass is 79.9. The van der Waals surface area contributed by atoms with Crippen molar-refractivity contribution in [1.29, 1.82) is 0 Å². The number of benzene rings is 2. The van der Waals surface area contributed by atoms with Gasteiger partial charge in [0.05, 0.1) is 5.02 Å². The zero-order chi connectivity index (χ0) is 15.6. The van der Waals surface area contributed by atoms with E-state index in [4.69, 9.17) is 11.6 Å². The first-order valence-electron chi connectivity index (χ1n) is 7.11. The summed E-state index contributed by atoms with van der Waals surface area (Å²) in [5.41, 5.74) is 6.66. The lowest BCUT2D eigenvalue weighted by molar-refractivity contribution is 0.589. The van der Waals surface area contributed by atoms with E-state index in [0.29, 0.717) is 0 Å². The van der Waals surface area contributed by atoms with Crippen LogP contribution in [0.25, 0.3) is 0 Å². The van der Waals surface area contributed by atoms with Gasteiger partial charge >= 0.3 is 0 Å². The van der Waals surface area contributed by atoms with Crippen molar-refractivity contribution >= 4 is 27.5 Å². The maximum absolute atomic E-state index is 6.23. The second-order valence-corrected chi connectivity index (χ2v) is 6.86. The van der Waals surface area contributed by atoms with Crippen molar-refractivity contribution in [1.82, 2.24) is 5.32 Å². The van der Waals surface area contributed by atoms with Gasteiger partial charge in [0, 0.05) is 10.5 Å². The van der Waals surface area contributed by atoms with E-state index in [1.54, 1.807) is 0 Å². The van der Waals surface area contributed by atoms with Crippen molar-refractivity contribution in [3.8, 4) is 0 Å². The van der Waals surface area contributed by atoms with Gasteiger partial charge in [0.2, 0.25) is 0 Å². The van der Waals surface area contributed by atoms with Crippen LogP contribution in [0.15, 0.2) is 34.8 Å². The Bertz CT molecular complexity index is 629.